The Morgan fingerprint density at radius 2 is 2.32 bits per heavy atom. The van der Waals surface area contributed by atoms with Gasteiger partial charge < -0.3 is 9.64 Å². The second kappa shape index (κ2) is 5.70. The monoisotopic (exact) mass is 286 g/mol. The lowest BCUT2D eigenvalue weighted by molar-refractivity contribution is 0.395. The zero-order chi connectivity index (χ0) is 13.9. The standard InChI is InChI=1S/C11H18N4O3S/c1-18-10-5-6-12-11(13-10)15-7-3-4-9(8-15)14-19(2,16)17/h5-6,9,14H,3-4,7-8H2,1-2H3. The van der Waals surface area contributed by atoms with Gasteiger partial charge in [0.25, 0.3) is 0 Å². The van der Waals surface area contributed by atoms with Crippen molar-refractivity contribution in [2.45, 2.75) is 18.9 Å². The van der Waals surface area contributed by atoms with Crippen molar-refractivity contribution in [3.63, 3.8) is 0 Å². The van der Waals surface area contributed by atoms with E-state index in [1.807, 2.05) is 4.90 Å². The largest absolute Gasteiger partial charge is 0.481 e. The zero-order valence-electron chi connectivity index (χ0n) is 11.0. The van der Waals surface area contributed by atoms with Crippen LogP contribution in [0.2, 0.25) is 0 Å². The minimum atomic E-state index is -3.18. The van der Waals surface area contributed by atoms with Crippen LogP contribution in [0, 0.1) is 0 Å². The summed E-state index contributed by atoms with van der Waals surface area (Å²) in [7, 11) is -1.63. The lowest BCUT2D eigenvalue weighted by Crippen LogP contribution is -2.47. The van der Waals surface area contributed by atoms with Crippen molar-refractivity contribution in [2.75, 3.05) is 31.4 Å². The highest BCUT2D eigenvalue weighted by atomic mass is 32.2. The molecule has 1 atom stereocenters. The molecule has 0 aliphatic carbocycles. The maximum Gasteiger partial charge on any atom is 0.228 e. The fourth-order valence-corrected chi connectivity index (χ4v) is 2.95. The number of methoxy groups -OCH3 is 1. The fraction of sp³-hybridized carbons (Fsp3) is 0.636. The van der Waals surface area contributed by atoms with Crippen molar-refractivity contribution < 1.29 is 13.2 Å². The molecule has 7 nitrogen and oxygen atoms in total. The number of aromatic nitrogens is 2. The van der Waals surface area contributed by atoms with E-state index < -0.39 is 10.0 Å². The minimum Gasteiger partial charge on any atom is -0.481 e. The minimum absolute atomic E-state index is 0.0986. The van der Waals surface area contributed by atoms with Gasteiger partial charge in [0.05, 0.1) is 13.4 Å². The third-order valence-corrected chi connectivity index (χ3v) is 3.67. The number of sulfonamides is 1. The van der Waals surface area contributed by atoms with Gasteiger partial charge in [0.2, 0.25) is 21.9 Å². The SMILES string of the molecule is COc1ccnc(N2CCCC(NS(C)(=O)=O)C2)n1. The van der Waals surface area contributed by atoms with Crippen LogP contribution in [0.3, 0.4) is 0 Å². The predicted octanol–water partition coefficient (Wildman–Crippen LogP) is 0.00320. The molecule has 0 radical (unpaired) electrons. The number of ether oxygens (including phenoxy) is 1. The molecular weight excluding hydrogens is 268 g/mol. The lowest BCUT2D eigenvalue weighted by Gasteiger charge is -2.32. The Labute approximate surface area is 113 Å². The number of hydrogen-bond donors (Lipinski definition) is 1. The van der Waals surface area contributed by atoms with Crippen LogP contribution in [0.1, 0.15) is 12.8 Å². The van der Waals surface area contributed by atoms with Gasteiger partial charge in [-0.15, -0.1) is 0 Å². The molecule has 1 aromatic heterocycles. The Morgan fingerprint density at radius 3 is 3.00 bits per heavy atom. The Bertz CT molecular complexity index is 534. The molecule has 1 aromatic rings. The van der Waals surface area contributed by atoms with E-state index in [1.165, 1.54) is 6.26 Å². The average molecular weight is 286 g/mol. The summed E-state index contributed by atoms with van der Waals surface area (Å²) in [5, 5.41) is 0. The molecule has 0 saturated carbocycles. The van der Waals surface area contributed by atoms with Crippen LogP contribution in [-0.4, -0.2) is 50.9 Å². The van der Waals surface area contributed by atoms with Gasteiger partial charge in [-0.2, -0.15) is 4.98 Å². The van der Waals surface area contributed by atoms with Gasteiger partial charge >= 0.3 is 0 Å². The van der Waals surface area contributed by atoms with Gasteiger partial charge in [-0.3, -0.25) is 0 Å². The molecule has 19 heavy (non-hydrogen) atoms. The zero-order valence-corrected chi connectivity index (χ0v) is 11.9. The highest BCUT2D eigenvalue weighted by molar-refractivity contribution is 7.88. The Kier molecular flexibility index (Phi) is 4.20. The van der Waals surface area contributed by atoms with Crippen molar-refractivity contribution in [2.24, 2.45) is 0 Å². The fourth-order valence-electron chi connectivity index (χ4n) is 2.16. The van der Waals surface area contributed by atoms with Crippen LogP contribution in [0.25, 0.3) is 0 Å². The summed E-state index contributed by atoms with van der Waals surface area (Å²) in [5.41, 5.74) is 0. The first-order valence-electron chi connectivity index (χ1n) is 6.07. The predicted molar refractivity (Wildman–Crippen MR) is 71.8 cm³/mol. The number of nitrogens with one attached hydrogen (secondary N) is 1. The molecule has 0 aromatic carbocycles. The quantitative estimate of drug-likeness (QED) is 0.839. The van der Waals surface area contributed by atoms with Crippen molar-refractivity contribution >= 4 is 16.0 Å². The van der Waals surface area contributed by atoms with Gasteiger partial charge in [0.15, 0.2) is 0 Å². The van der Waals surface area contributed by atoms with Crippen LogP contribution >= 0.6 is 0 Å². The maximum absolute atomic E-state index is 11.3. The maximum atomic E-state index is 11.3. The normalized spacial score (nSPS) is 20.3. The first-order valence-corrected chi connectivity index (χ1v) is 7.96. The third-order valence-electron chi connectivity index (χ3n) is 2.91. The van der Waals surface area contributed by atoms with Gasteiger partial charge in [-0.25, -0.2) is 18.1 Å². The molecule has 2 rings (SSSR count). The molecule has 1 aliphatic heterocycles. The molecule has 106 valence electrons. The van der Waals surface area contributed by atoms with Crippen LogP contribution in [0.5, 0.6) is 5.88 Å². The molecular formula is C11H18N4O3S. The Morgan fingerprint density at radius 1 is 1.53 bits per heavy atom. The topological polar surface area (TPSA) is 84.4 Å². The van der Waals surface area contributed by atoms with Crippen molar-refractivity contribution in [3.8, 4) is 5.88 Å². The number of rotatable bonds is 4. The van der Waals surface area contributed by atoms with E-state index in [0.717, 1.165) is 19.4 Å². The number of anilines is 1. The second-order valence-corrected chi connectivity index (χ2v) is 6.35. The van der Waals surface area contributed by atoms with Gasteiger partial charge in [0.1, 0.15) is 0 Å². The summed E-state index contributed by atoms with van der Waals surface area (Å²) >= 11 is 0. The molecule has 0 spiro atoms. The number of hydrogen-bond acceptors (Lipinski definition) is 6. The van der Waals surface area contributed by atoms with E-state index in [1.54, 1.807) is 19.4 Å². The van der Waals surface area contributed by atoms with Gasteiger partial charge in [-0.1, -0.05) is 0 Å². The molecule has 1 aliphatic rings. The van der Waals surface area contributed by atoms with Crippen LogP contribution in [0.15, 0.2) is 12.3 Å². The van der Waals surface area contributed by atoms with E-state index in [0.29, 0.717) is 18.4 Å². The van der Waals surface area contributed by atoms with Gasteiger partial charge in [0, 0.05) is 31.4 Å². The first kappa shape index (κ1) is 14.0. The van der Waals surface area contributed by atoms with E-state index in [4.69, 9.17) is 4.74 Å². The summed E-state index contributed by atoms with van der Waals surface area (Å²) < 4.78 is 30.2. The molecule has 1 fully saturated rings. The van der Waals surface area contributed by atoms with Crippen molar-refractivity contribution in [1.29, 1.82) is 0 Å². The van der Waals surface area contributed by atoms with E-state index in [9.17, 15) is 8.42 Å². The first-order chi connectivity index (χ1) is 8.98. The summed E-state index contributed by atoms with van der Waals surface area (Å²) in [6.07, 6.45) is 4.53. The van der Waals surface area contributed by atoms with Crippen molar-refractivity contribution in [1.82, 2.24) is 14.7 Å². The molecule has 1 unspecified atom stereocenters. The number of piperidine rings is 1. The smallest absolute Gasteiger partial charge is 0.228 e. The molecule has 2 heterocycles. The number of nitrogens with zero attached hydrogens (tertiary/aromatic N) is 3. The van der Waals surface area contributed by atoms with Gasteiger partial charge in [-0.05, 0) is 12.8 Å². The highest BCUT2D eigenvalue weighted by Crippen LogP contribution is 2.18. The van der Waals surface area contributed by atoms with Crippen molar-refractivity contribution in [3.05, 3.63) is 12.3 Å². The second-order valence-electron chi connectivity index (χ2n) is 4.57. The third kappa shape index (κ3) is 4.03. The summed E-state index contributed by atoms with van der Waals surface area (Å²) in [6.45, 7) is 1.38. The molecule has 8 heteroatoms. The Balaban J connectivity index is 2.08. The van der Waals surface area contributed by atoms with E-state index in [2.05, 4.69) is 14.7 Å². The molecule has 0 bridgehead atoms. The average Bonchev–Trinajstić information content (AvgIpc) is 2.37. The molecule has 1 saturated heterocycles. The van der Waals surface area contributed by atoms with Crippen LogP contribution in [0.4, 0.5) is 5.95 Å². The Hall–Kier alpha value is -1.41. The summed E-state index contributed by atoms with van der Waals surface area (Å²) in [6, 6.07) is 1.58. The van der Waals surface area contributed by atoms with E-state index in [-0.39, 0.29) is 6.04 Å². The highest BCUT2D eigenvalue weighted by Gasteiger charge is 2.24. The van der Waals surface area contributed by atoms with Crippen LogP contribution in [-0.2, 0) is 10.0 Å². The summed E-state index contributed by atoms with van der Waals surface area (Å²) in [5.74, 6) is 1.07. The van der Waals surface area contributed by atoms with E-state index >= 15 is 0 Å². The molecule has 0 amide bonds. The summed E-state index contributed by atoms with van der Waals surface area (Å²) in [4.78, 5) is 10.4. The lowest BCUT2D eigenvalue weighted by atomic mass is 10.1. The molecule has 1 N–H and O–H groups in total. The van der Waals surface area contributed by atoms with Crippen LogP contribution < -0.4 is 14.4 Å².